The van der Waals surface area contributed by atoms with Gasteiger partial charge in [-0.1, -0.05) is 13.0 Å². The third-order valence-electron chi connectivity index (χ3n) is 3.91. The van der Waals surface area contributed by atoms with Gasteiger partial charge in [-0.25, -0.2) is 9.67 Å². The molecule has 7 nitrogen and oxygen atoms in total. The maximum absolute atomic E-state index is 12.5. The zero-order valence-electron chi connectivity index (χ0n) is 12.1. The van der Waals surface area contributed by atoms with E-state index in [0.717, 1.165) is 0 Å². The molecule has 0 aliphatic carbocycles. The summed E-state index contributed by atoms with van der Waals surface area (Å²) in [6, 6.07) is 6.91. The molecule has 2 aromatic heterocycles. The minimum absolute atomic E-state index is 0.0595. The molecular formula is C15H16N4O3. The number of carboxylic acids is 1. The van der Waals surface area contributed by atoms with Gasteiger partial charge in [0.05, 0.1) is 5.92 Å². The first-order valence-electron chi connectivity index (χ1n) is 7.05. The van der Waals surface area contributed by atoms with Gasteiger partial charge in [-0.2, -0.15) is 5.10 Å². The van der Waals surface area contributed by atoms with E-state index in [0.29, 0.717) is 18.1 Å². The van der Waals surface area contributed by atoms with Crippen LogP contribution in [0.1, 0.15) is 17.4 Å². The number of hydrogen-bond donors (Lipinski definition) is 1. The zero-order chi connectivity index (χ0) is 15.7. The van der Waals surface area contributed by atoms with Crippen molar-refractivity contribution in [2.24, 2.45) is 11.8 Å². The van der Waals surface area contributed by atoms with Crippen LogP contribution < -0.4 is 0 Å². The average Bonchev–Trinajstić information content (AvgIpc) is 3.16. The Morgan fingerprint density at radius 3 is 2.73 bits per heavy atom. The fourth-order valence-electron chi connectivity index (χ4n) is 2.69. The molecule has 0 spiro atoms. The average molecular weight is 300 g/mol. The fourth-order valence-corrected chi connectivity index (χ4v) is 2.69. The second-order valence-corrected chi connectivity index (χ2v) is 5.46. The summed E-state index contributed by atoms with van der Waals surface area (Å²) >= 11 is 0. The van der Waals surface area contributed by atoms with Crippen molar-refractivity contribution in [1.82, 2.24) is 19.7 Å². The molecule has 1 saturated heterocycles. The number of rotatable bonds is 3. The third-order valence-corrected chi connectivity index (χ3v) is 3.91. The van der Waals surface area contributed by atoms with Crippen LogP contribution >= 0.6 is 0 Å². The second kappa shape index (κ2) is 5.59. The monoisotopic (exact) mass is 300 g/mol. The first-order chi connectivity index (χ1) is 10.6. The molecule has 1 fully saturated rings. The number of hydrogen-bond acceptors (Lipinski definition) is 4. The van der Waals surface area contributed by atoms with Gasteiger partial charge in [0.2, 0.25) is 0 Å². The van der Waals surface area contributed by atoms with Gasteiger partial charge < -0.3 is 10.0 Å². The molecule has 1 N–H and O–H groups in total. The highest BCUT2D eigenvalue weighted by Gasteiger charge is 2.37. The molecule has 0 radical (unpaired) electrons. The Labute approximate surface area is 127 Å². The van der Waals surface area contributed by atoms with Crippen molar-refractivity contribution in [3.8, 4) is 5.82 Å². The fraction of sp³-hybridized carbons (Fsp3) is 0.333. The van der Waals surface area contributed by atoms with E-state index >= 15 is 0 Å². The lowest BCUT2D eigenvalue weighted by molar-refractivity contribution is -0.142. The van der Waals surface area contributed by atoms with Crippen molar-refractivity contribution in [1.29, 1.82) is 0 Å². The lowest BCUT2D eigenvalue weighted by Gasteiger charge is -2.15. The van der Waals surface area contributed by atoms with E-state index in [-0.39, 0.29) is 18.4 Å². The molecule has 3 heterocycles. The zero-order valence-corrected chi connectivity index (χ0v) is 12.1. The van der Waals surface area contributed by atoms with Gasteiger partial charge in [0.1, 0.15) is 5.69 Å². The molecule has 2 aromatic rings. The molecule has 0 unspecified atom stereocenters. The van der Waals surface area contributed by atoms with E-state index < -0.39 is 11.9 Å². The second-order valence-electron chi connectivity index (χ2n) is 5.46. The molecule has 22 heavy (non-hydrogen) atoms. The normalized spacial score (nSPS) is 21.0. The van der Waals surface area contributed by atoms with Crippen LogP contribution in [-0.4, -0.2) is 49.7 Å². The van der Waals surface area contributed by atoms with E-state index in [2.05, 4.69) is 10.1 Å². The van der Waals surface area contributed by atoms with Crippen LogP contribution in [0.5, 0.6) is 0 Å². The SMILES string of the molecule is C[C@@H]1CN(C(=O)c2cccc(-n3cccn3)n2)C[C@H]1C(=O)O. The number of aromatic nitrogens is 3. The third kappa shape index (κ3) is 2.57. The van der Waals surface area contributed by atoms with E-state index in [9.17, 15) is 9.59 Å². The van der Waals surface area contributed by atoms with E-state index in [4.69, 9.17) is 5.11 Å². The Morgan fingerprint density at radius 1 is 1.27 bits per heavy atom. The number of carbonyl (C=O) groups excluding carboxylic acids is 1. The lowest BCUT2D eigenvalue weighted by Crippen LogP contribution is -2.30. The molecular weight excluding hydrogens is 284 g/mol. The first kappa shape index (κ1) is 14.2. The molecule has 1 aliphatic rings. The first-order valence-corrected chi connectivity index (χ1v) is 7.05. The molecule has 3 rings (SSSR count). The summed E-state index contributed by atoms with van der Waals surface area (Å²) in [5.74, 6) is -1.13. The van der Waals surface area contributed by atoms with E-state index in [1.165, 1.54) is 0 Å². The Hall–Kier alpha value is -2.70. The van der Waals surface area contributed by atoms with E-state index in [1.807, 2.05) is 6.92 Å². The van der Waals surface area contributed by atoms with Crippen molar-refractivity contribution < 1.29 is 14.7 Å². The summed E-state index contributed by atoms with van der Waals surface area (Å²) < 4.78 is 1.57. The van der Waals surface area contributed by atoms with Crippen molar-refractivity contribution >= 4 is 11.9 Å². The molecule has 114 valence electrons. The highest BCUT2D eigenvalue weighted by Crippen LogP contribution is 2.24. The predicted octanol–water partition coefficient (Wildman–Crippen LogP) is 1.06. The van der Waals surface area contributed by atoms with Gasteiger partial charge in [-0.15, -0.1) is 0 Å². The number of likely N-dealkylation sites (tertiary alicyclic amines) is 1. The Balaban J connectivity index is 1.81. The maximum atomic E-state index is 12.5. The van der Waals surface area contributed by atoms with Crippen LogP contribution in [0.4, 0.5) is 0 Å². The Bertz CT molecular complexity index is 699. The van der Waals surface area contributed by atoms with Crippen molar-refractivity contribution in [3.63, 3.8) is 0 Å². The van der Waals surface area contributed by atoms with Gasteiger partial charge in [-0.3, -0.25) is 9.59 Å². The number of carboxylic acid groups (broad SMARTS) is 1. The molecule has 0 aromatic carbocycles. The van der Waals surface area contributed by atoms with Crippen molar-refractivity contribution in [3.05, 3.63) is 42.4 Å². The minimum Gasteiger partial charge on any atom is -0.481 e. The summed E-state index contributed by atoms with van der Waals surface area (Å²) in [5.41, 5.74) is 0.297. The number of carbonyl (C=O) groups is 2. The summed E-state index contributed by atoms with van der Waals surface area (Å²) in [5, 5.41) is 13.2. The molecule has 0 saturated carbocycles. The van der Waals surface area contributed by atoms with Crippen LogP contribution in [0.25, 0.3) is 5.82 Å². The quantitative estimate of drug-likeness (QED) is 0.915. The summed E-state index contributed by atoms with van der Waals surface area (Å²) in [6.45, 7) is 2.51. The molecule has 2 atom stereocenters. The van der Waals surface area contributed by atoms with Crippen LogP contribution in [0.15, 0.2) is 36.7 Å². The highest BCUT2D eigenvalue weighted by atomic mass is 16.4. The van der Waals surface area contributed by atoms with Crippen molar-refractivity contribution in [2.45, 2.75) is 6.92 Å². The van der Waals surface area contributed by atoms with Crippen LogP contribution in [0.3, 0.4) is 0 Å². The Kier molecular flexibility index (Phi) is 3.62. The van der Waals surface area contributed by atoms with Crippen LogP contribution in [0.2, 0.25) is 0 Å². The van der Waals surface area contributed by atoms with Gasteiger partial charge in [0.25, 0.3) is 5.91 Å². The van der Waals surface area contributed by atoms with Gasteiger partial charge >= 0.3 is 5.97 Å². The number of nitrogens with zero attached hydrogens (tertiary/aromatic N) is 4. The standard InChI is InChI=1S/C15H16N4O3/c1-10-8-18(9-11(10)15(21)22)14(20)12-4-2-5-13(17-12)19-7-3-6-16-19/h2-7,10-11H,8-9H2,1H3,(H,21,22)/t10-,11-/m1/s1. The summed E-state index contributed by atoms with van der Waals surface area (Å²) in [7, 11) is 0. The maximum Gasteiger partial charge on any atom is 0.308 e. The van der Waals surface area contributed by atoms with Gasteiger partial charge in [0.15, 0.2) is 5.82 Å². The topological polar surface area (TPSA) is 88.3 Å². The van der Waals surface area contributed by atoms with Crippen molar-refractivity contribution in [2.75, 3.05) is 13.1 Å². The molecule has 1 aliphatic heterocycles. The van der Waals surface area contributed by atoms with Gasteiger partial charge in [0, 0.05) is 25.5 Å². The largest absolute Gasteiger partial charge is 0.481 e. The number of pyridine rings is 1. The molecule has 1 amide bonds. The number of aliphatic carboxylic acids is 1. The lowest BCUT2D eigenvalue weighted by atomic mass is 9.99. The molecule has 7 heteroatoms. The molecule has 0 bridgehead atoms. The smallest absolute Gasteiger partial charge is 0.308 e. The predicted molar refractivity (Wildman–Crippen MR) is 77.6 cm³/mol. The highest BCUT2D eigenvalue weighted by molar-refractivity contribution is 5.93. The van der Waals surface area contributed by atoms with Gasteiger partial charge in [-0.05, 0) is 24.1 Å². The summed E-state index contributed by atoms with van der Waals surface area (Å²) in [6.07, 6.45) is 3.38. The minimum atomic E-state index is -0.860. The van der Waals surface area contributed by atoms with Crippen LogP contribution in [0, 0.1) is 11.8 Å². The van der Waals surface area contributed by atoms with E-state index in [1.54, 1.807) is 46.2 Å². The van der Waals surface area contributed by atoms with Crippen LogP contribution in [-0.2, 0) is 4.79 Å². The Morgan fingerprint density at radius 2 is 2.09 bits per heavy atom. The summed E-state index contributed by atoms with van der Waals surface area (Å²) in [4.78, 5) is 29.6. The number of amides is 1.